The first-order chi connectivity index (χ1) is 15.6. The molecule has 33 heavy (non-hydrogen) atoms. The van der Waals surface area contributed by atoms with E-state index in [1.807, 2.05) is 32.0 Å². The van der Waals surface area contributed by atoms with Gasteiger partial charge in [-0.25, -0.2) is 4.79 Å². The molecule has 7 nitrogen and oxygen atoms in total. The second-order valence-electron chi connectivity index (χ2n) is 9.07. The summed E-state index contributed by atoms with van der Waals surface area (Å²) in [7, 11) is 3.13. The quantitative estimate of drug-likeness (QED) is 0.486. The number of aryl methyl sites for hydroxylation is 1. The van der Waals surface area contributed by atoms with E-state index in [1.165, 1.54) is 11.6 Å². The molecule has 1 aliphatic rings. The fraction of sp³-hybridized carbons (Fsp3) is 0.280. The summed E-state index contributed by atoms with van der Waals surface area (Å²) in [5.41, 5.74) is 1.88. The van der Waals surface area contributed by atoms with Gasteiger partial charge in [-0.15, -0.1) is 0 Å². The van der Waals surface area contributed by atoms with Crippen molar-refractivity contribution in [2.45, 2.75) is 25.5 Å². The van der Waals surface area contributed by atoms with Gasteiger partial charge in [-0.1, -0.05) is 41.9 Å². The number of benzene rings is 2. The normalized spacial score (nSPS) is 17.3. The number of fused-ring (bicyclic) bond motifs is 3. The van der Waals surface area contributed by atoms with Gasteiger partial charge in [-0.05, 0) is 37.6 Å². The Labute approximate surface area is 195 Å². The molecule has 0 saturated carbocycles. The monoisotopic (exact) mass is 465 g/mol. The van der Waals surface area contributed by atoms with Crippen molar-refractivity contribution in [2.75, 3.05) is 6.61 Å². The zero-order chi connectivity index (χ0) is 23.7. The summed E-state index contributed by atoms with van der Waals surface area (Å²) in [6.07, 6.45) is -0.666. The molecule has 0 aliphatic carbocycles. The molecule has 1 N–H and O–H groups in total. The van der Waals surface area contributed by atoms with E-state index in [-0.39, 0.29) is 11.3 Å². The summed E-state index contributed by atoms with van der Waals surface area (Å²) in [6.45, 7) is 4.39. The maximum Gasteiger partial charge on any atom is 0.331 e. The molecule has 5 rings (SSSR count). The second kappa shape index (κ2) is 7.37. The average molecular weight is 466 g/mol. The number of nitrogens with zero attached hydrogens (tertiary/aromatic N) is 3. The molecule has 0 radical (unpaired) electrons. The fourth-order valence-corrected chi connectivity index (χ4v) is 4.95. The van der Waals surface area contributed by atoms with Crippen LogP contribution in [0.15, 0.2) is 58.1 Å². The van der Waals surface area contributed by atoms with Crippen LogP contribution in [0.25, 0.3) is 22.2 Å². The lowest BCUT2D eigenvalue weighted by molar-refractivity contribution is -0.00798. The zero-order valence-electron chi connectivity index (χ0n) is 18.8. The third-order valence-corrected chi connectivity index (χ3v) is 6.65. The Hall–Kier alpha value is -3.29. The van der Waals surface area contributed by atoms with Crippen molar-refractivity contribution >= 4 is 22.5 Å². The van der Waals surface area contributed by atoms with Crippen molar-refractivity contribution in [2.24, 2.45) is 14.1 Å². The fourth-order valence-electron chi connectivity index (χ4n) is 4.82. The number of para-hydroxylation sites is 1. The van der Waals surface area contributed by atoms with Crippen LogP contribution in [0.1, 0.15) is 31.2 Å². The largest absolute Gasteiger partial charge is 0.508 e. The molecule has 0 fully saturated rings. The minimum Gasteiger partial charge on any atom is -0.508 e. The SMILES string of the molecule is Cn1c(=O)c2c(-c3ccc(Cl)cc3)n3c(c2n(C)c1=O)[C@@H](c1ccccc1O)OCC3(C)C. The molecule has 8 heteroatoms. The molecular formula is C25H24ClN3O4. The van der Waals surface area contributed by atoms with E-state index in [1.54, 1.807) is 37.4 Å². The van der Waals surface area contributed by atoms with Crippen LogP contribution in [0.2, 0.25) is 5.02 Å². The predicted molar refractivity (Wildman–Crippen MR) is 128 cm³/mol. The highest BCUT2D eigenvalue weighted by molar-refractivity contribution is 6.30. The van der Waals surface area contributed by atoms with Gasteiger partial charge >= 0.3 is 5.69 Å². The van der Waals surface area contributed by atoms with Gasteiger partial charge in [0.15, 0.2) is 0 Å². The lowest BCUT2D eigenvalue weighted by atomic mass is 9.97. The highest BCUT2D eigenvalue weighted by atomic mass is 35.5. The van der Waals surface area contributed by atoms with Crippen LogP contribution >= 0.6 is 11.6 Å². The highest BCUT2D eigenvalue weighted by Gasteiger charge is 2.41. The number of rotatable bonds is 2. The summed E-state index contributed by atoms with van der Waals surface area (Å²) < 4.78 is 11.0. The highest BCUT2D eigenvalue weighted by Crippen LogP contribution is 2.46. The Morgan fingerprint density at radius 3 is 2.36 bits per heavy atom. The molecule has 0 saturated heterocycles. The number of hydrogen-bond donors (Lipinski definition) is 1. The molecule has 4 aromatic rings. The summed E-state index contributed by atoms with van der Waals surface area (Å²) in [5, 5.41) is 11.6. The van der Waals surface area contributed by atoms with E-state index >= 15 is 0 Å². The number of ether oxygens (including phenoxy) is 1. The number of aromatic nitrogens is 3. The van der Waals surface area contributed by atoms with Crippen molar-refractivity contribution in [3.63, 3.8) is 0 Å². The minimum atomic E-state index is -0.666. The Kier molecular flexibility index (Phi) is 4.81. The van der Waals surface area contributed by atoms with Crippen LogP contribution < -0.4 is 11.2 Å². The molecule has 0 spiro atoms. The summed E-state index contributed by atoms with van der Waals surface area (Å²) in [4.78, 5) is 26.5. The van der Waals surface area contributed by atoms with Crippen LogP contribution in [-0.4, -0.2) is 25.4 Å². The molecule has 1 atom stereocenters. The molecule has 1 aliphatic heterocycles. The molecule has 3 heterocycles. The Bertz CT molecular complexity index is 1530. The van der Waals surface area contributed by atoms with Gasteiger partial charge in [0.2, 0.25) is 0 Å². The van der Waals surface area contributed by atoms with Crippen LogP contribution in [0.5, 0.6) is 5.75 Å². The lowest BCUT2D eigenvalue weighted by Crippen LogP contribution is -2.40. The number of hydrogen-bond acceptors (Lipinski definition) is 4. The Morgan fingerprint density at radius 2 is 1.70 bits per heavy atom. The van der Waals surface area contributed by atoms with E-state index in [0.717, 1.165) is 10.1 Å². The smallest absolute Gasteiger partial charge is 0.331 e. The van der Waals surface area contributed by atoms with E-state index in [2.05, 4.69) is 4.57 Å². The van der Waals surface area contributed by atoms with E-state index in [4.69, 9.17) is 16.3 Å². The van der Waals surface area contributed by atoms with Gasteiger partial charge in [0.25, 0.3) is 5.56 Å². The van der Waals surface area contributed by atoms with Crippen molar-refractivity contribution in [1.29, 1.82) is 0 Å². The average Bonchev–Trinajstić information content (AvgIpc) is 3.15. The first-order valence-electron chi connectivity index (χ1n) is 10.6. The van der Waals surface area contributed by atoms with Gasteiger partial charge < -0.3 is 14.4 Å². The number of phenolic OH excluding ortho intramolecular Hbond substituents is 1. The van der Waals surface area contributed by atoms with Crippen LogP contribution in [0.4, 0.5) is 0 Å². The van der Waals surface area contributed by atoms with Crippen LogP contribution in [0, 0.1) is 0 Å². The Morgan fingerprint density at radius 1 is 1.03 bits per heavy atom. The van der Waals surface area contributed by atoms with E-state index in [9.17, 15) is 14.7 Å². The van der Waals surface area contributed by atoms with Gasteiger partial charge in [0.05, 0.1) is 34.4 Å². The summed E-state index contributed by atoms with van der Waals surface area (Å²) in [6, 6.07) is 14.3. The van der Waals surface area contributed by atoms with Crippen LogP contribution in [-0.2, 0) is 24.4 Å². The standard InChI is InChI=1S/C25H24ClN3O4/c1-25(2)13-33-22(16-7-5-6-8-17(16)30)21-20-18(23(31)28(4)24(32)27(20)3)19(29(21)25)14-9-11-15(26)12-10-14/h5-12,22,30H,13H2,1-4H3/t22-/m1/s1. The molecule has 170 valence electrons. The lowest BCUT2D eigenvalue weighted by Gasteiger charge is -2.39. The van der Waals surface area contributed by atoms with Crippen molar-refractivity contribution in [1.82, 2.24) is 13.7 Å². The van der Waals surface area contributed by atoms with Gasteiger partial charge in [0, 0.05) is 24.7 Å². The Balaban J connectivity index is 2.03. The molecule has 0 unspecified atom stereocenters. The van der Waals surface area contributed by atoms with Crippen molar-refractivity contribution in [3.05, 3.63) is 85.6 Å². The number of aromatic hydroxyl groups is 1. The maximum atomic E-state index is 13.5. The molecule has 2 aromatic heterocycles. The predicted octanol–water partition coefficient (Wildman–Crippen LogP) is 3.92. The molecular weight excluding hydrogens is 442 g/mol. The third kappa shape index (κ3) is 3.07. The third-order valence-electron chi connectivity index (χ3n) is 6.40. The number of halogens is 1. The number of phenols is 1. The molecule has 0 bridgehead atoms. The molecule has 0 amide bonds. The minimum absolute atomic E-state index is 0.0879. The first-order valence-corrected chi connectivity index (χ1v) is 11.0. The first kappa shape index (κ1) is 21.6. The van der Waals surface area contributed by atoms with E-state index < -0.39 is 17.3 Å². The van der Waals surface area contributed by atoms with Crippen molar-refractivity contribution in [3.8, 4) is 17.0 Å². The van der Waals surface area contributed by atoms with Crippen LogP contribution in [0.3, 0.4) is 0 Å². The van der Waals surface area contributed by atoms with Gasteiger partial charge in [-0.2, -0.15) is 0 Å². The summed E-state index contributed by atoms with van der Waals surface area (Å²) >= 11 is 6.15. The molecule has 2 aromatic carbocycles. The topological polar surface area (TPSA) is 78.4 Å². The van der Waals surface area contributed by atoms with Crippen molar-refractivity contribution < 1.29 is 9.84 Å². The van der Waals surface area contributed by atoms with Gasteiger partial charge in [-0.3, -0.25) is 13.9 Å². The second-order valence-corrected chi connectivity index (χ2v) is 9.50. The maximum absolute atomic E-state index is 13.5. The van der Waals surface area contributed by atoms with E-state index in [0.29, 0.717) is 39.5 Å². The van der Waals surface area contributed by atoms with Gasteiger partial charge in [0.1, 0.15) is 11.9 Å². The summed E-state index contributed by atoms with van der Waals surface area (Å²) in [5.74, 6) is 0.0879. The zero-order valence-corrected chi connectivity index (χ0v) is 19.6.